The highest BCUT2D eigenvalue weighted by Crippen LogP contribution is 2.28. The molecule has 0 aliphatic heterocycles. The molecular formula is C21H29N3O6S2. The number of aromatic hydroxyl groups is 1. The molecule has 0 saturated heterocycles. The van der Waals surface area contributed by atoms with Gasteiger partial charge in [0.05, 0.1) is 15.5 Å². The van der Waals surface area contributed by atoms with Crippen LogP contribution in [0, 0.1) is 0 Å². The standard InChI is InChI=1S/C21H29N3O6S2/c1-5-23(6-2)31(27,28)17-11-9-10-16(14-17)21(26)22-19-15-18(12-13-20(19)25)32(29,30)24(7-3)8-4/h9-15,25H,5-8H2,1-4H3,(H,22,26). The molecule has 0 unspecified atom stereocenters. The van der Waals surface area contributed by atoms with Gasteiger partial charge in [0.15, 0.2) is 0 Å². The molecule has 2 aromatic carbocycles. The van der Waals surface area contributed by atoms with Crippen LogP contribution < -0.4 is 5.32 Å². The predicted molar refractivity (Wildman–Crippen MR) is 123 cm³/mol. The van der Waals surface area contributed by atoms with E-state index >= 15 is 0 Å². The Bertz CT molecular complexity index is 1170. The lowest BCUT2D eigenvalue weighted by Gasteiger charge is -2.19. The van der Waals surface area contributed by atoms with Gasteiger partial charge in [0.2, 0.25) is 20.0 Å². The van der Waals surface area contributed by atoms with Crippen molar-refractivity contribution in [2.45, 2.75) is 37.5 Å². The average molecular weight is 484 g/mol. The molecule has 0 fully saturated rings. The van der Waals surface area contributed by atoms with Gasteiger partial charge < -0.3 is 10.4 Å². The minimum atomic E-state index is -3.80. The van der Waals surface area contributed by atoms with Crippen molar-refractivity contribution in [1.29, 1.82) is 0 Å². The summed E-state index contributed by atoms with van der Waals surface area (Å²) in [6.45, 7) is 7.99. The number of anilines is 1. The number of carbonyl (C=O) groups is 1. The van der Waals surface area contributed by atoms with E-state index in [1.807, 2.05) is 0 Å². The highest BCUT2D eigenvalue weighted by Gasteiger charge is 2.24. The van der Waals surface area contributed by atoms with Gasteiger partial charge >= 0.3 is 0 Å². The Hall–Kier alpha value is -2.47. The molecule has 2 N–H and O–H groups in total. The predicted octanol–water partition coefficient (Wildman–Crippen LogP) is 2.71. The number of benzene rings is 2. The van der Waals surface area contributed by atoms with Crippen LogP contribution in [-0.2, 0) is 20.0 Å². The number of nitrogens with zero attached hydrogens (tertiary/aromatic N) is 2. The summed E-state index contributed by atoms with van der Waals surface area (Å²) in [6, 6.07) is 9.16. The van der Waals surface area contributed by atoms with Crippen molar-refractivity contribution in [2.24, 2.45) is 0 Å². The van der Waals surface area contributed by atoms with Crippen molar-refractivity contribution in [1.82, 2.24) is 8.61 Å². The molecule has 0 bridgehead atoms. The summed E-state index contributed by atoms with van der Waals surface area (Å²) in [5, 5.41) is 12.6. The fraction of sp³-hybridized carbons (Fsp3) is 0.381. The Morgan fingerprint density at radius 3 is 1.81 bits per heavy atom. The van der Waals surface area contributed by atoms with E-state index in [1.54, 1.807) is 27.7 Å². The Morgan fingerprint density at radius 2 is 1.31 bits per heavy atom. The zero-order chi connectivity index (χ0) is 24.1. The summed E-state index contributed by atoms with van der Waals surface area (Å²) in [6.07, 6.45) is 0. The third kappa shape index (κ3) is 5.29. The van der Waals surface area contributed by atoms with Crippen molar-refractivity contribution in [3.8, 4) is 5.75 Å². The van der Waals surface area contributed by atoms with Crippen molar-refractivity contribution >= 4 is 31.6 Å². The van der Waals surface area contributed by atoms with E-state index in [0.29, 0.717) is 0 Å². The number of hydrogen-bond acceptors (Lipinski definition) is 6. The Balaban J connectivity index is 2.38. The van der Waals surface area contributed by atoms with Gasteiger partial charge in [-0.1, -0.05) is 33.8 Å². The summed E-state index contributed by atoms with van der Waals surface area (Å²) in [7, 11) is -7.56. The van der Waals surface area contributed by atoms with Gasteiger partial charge in [-0.15, -0.1) is 0 Å². The summed E-state index contributed by atoms with van der Waals surface area (Å²) >= 11 is 0. The number of hydrogen-bond donors (Lipinski definition) is 2. The van der Waals surface area contributed by atoms with Crippen molar-refractivity contribution in [2.75, 3.05) is 31.5 Å². The molecule has 0 radical (unpaired) electrons. The van der Waals surface area contributed by atoms with Crippen molar-refractivity contribution in [3.63, 3.8) is 0 Å². The van der Waals surface area contributed by atoms with Crippen molar-refractivity contribution < 1.29 is 26.7 Å². The second-order valence-corrected chi connectivity index (χ2v) is 10.7. The van der Waals surface area contributed by atoms with Gasteiger partial charge in [-0.05, 0) is 36.4 Å². The molecule has 176 valence electrons. The number of phenols is 1. The second kappa shape index (κ2) is 10.4. The highest BCUT2D eigenvalue weighted by molar-refractivity contribution is 7.89. The van der Waals surface area contributed by atoms with Crippen LogP contribution in [0.15, 0.2) is 52.3 Å². The van der Waals surface area contributed by atoms with Crippen molar-refractivity contribution in [3.05, 3.63) is 48.0 Å². The molecule has 1 amide bonds. The van der Waals surface area contributed by atoms with Crippen LogP contribution in [0.1, 0.15) is 38.1 Å². The topological polar surface area (TPSA) is 124 Å². The van der Waals surface area contributed by atoms with Crippen LogP contribution in [0.25, 0.3) is 0 Å². The number of sulfonamides is 2. The van der Waals surface area contributed by atoms with E-state index in [0.717, 1.165) is 0 Å². The Kier molecular flexibility index (Phi) is 8.41. The average Bonchev–Trinajstić information content (AvgIpc) is 2.76. The van der Waals surface area contributed by atoms with Crippen LogP contribution >= 0.6 is 0 Å². The minimum Gasteiger partial charge on any atom is -0.506 e. The van der Waals surface area contributed by atoms with Gasteiger partial charge in [-0.2, -0.15) is 8.61 Å². The minimum absolute atomic E-state index is 0.0315. The molecule has 32 heavy (non-hydrogen) atoms. The van der Waals surface area contributed by atoms with Crippen LogP contribution in [-0.4, -0.2) is 62.6 Å². The number of carbonyl (C=O) groups excluding carboxylic acids is 1. The van der Waals surface area contributed by atoms with E-state index in [-0.39, 0.29) is 53.0 Å². The summed E-state index contributed by atoms with van der Waals surface area (Å²) < 4.78 is 53.5. The molecule has 0 heterocycles. The quantitative estimate of drug-likeness (QED) is 0.501. The van der Waals surface area contributed by atoms with Gasteiger partial charge in [0.25, 0.3) is 5.91 Å². The molecule has 0 saturated carbocycles. The van der Waals surface area contributed by atoms with Crippen LogP contribution in [0.5, 0.6) is 5.75 Å². The summed E-state index contributed by atoms with van der Waals surface area (Å²) in [5.74, 6) is -1.00. The molecule has 9 nitrogen and oxygen atoms in total. The Morgan fingerprint density at radius 1 is 0.812 bits per heavy atom. The highest BCUT2D eigenvalue weighted by atomic mass is 32.2. The maximum absolute atomic E-state index is 12.8. The van der Waals surface area contributed by atoms with Crippen LogP contribution in [0.2, 0.25) is 0 Å². The first-order valence-corrected chi connectivity index (χ1v) is 13.2. The molecule has 0 aromatic heterocycles. The van der Waals surface area contributed by atoms with Crippen LogP contribution in [0.4, 0.5) is 5.69 Å². The first kappa shape index (κ1) is 25.8. The van der Waals surface area contributed by atoms with Gasteiger partial charge in [0, 0.05) is 31.7 Å². The molecule has 2 aromatic rings. The zero-order valence-corrected chi connectivity index (χ0v) is 20.2. The maximum atomic E-state index is 12.8. The molecule has 2 rings (SSSR count). The van der Waals surface area contributed by atoms with Gasteiger partial charge in [-0.3, -0.25) is 4.79 Å². The molecule has 11 heteroatoms. The number of rotatable bonds is 10. The van der Waals surface area contributed by atoms with E-state index in [1.165, 1.54) is 51.1 Å². The fourth-order valence-electron chi connectivity index (χ4n) is 3.19. The SMILES string of the molecule is CCN(CC)S(=O)(=O)c1cccc(C(=O)Nc2cc(S(=O)(=O)N(CC)CC)ccc2O)c1. The molecule has 0 aliphatic carbocycles. The first-order valence-electron chi connectivity index (χ1n) is 10.3. The normalized spacial score (nSPS) is 12.3. The monoisotopic (exact) mass is 483 g/mol. The molecular weight excluding hydrogens is 454 g/mol. The van der Waals surface area contributed by atoms with E-state index in [2.05, 4.69) is 5.32 Å². The van der Waals surface area contributed by atoms with Crippen LogP contribution in [0.3, 0.4) is 0 Å². The third-order valence-electron chi connectivity index (χ3n) is 5.00. The number of phenolic OH excluding ortho intramolecular Hbond substituents is 1. The second-order valence-electron chi connectivity index (χ2n) is 6.84. The maximum Gasteiger partial charge on any atom is 0.255 e. The number of nitrogens with one attached hydrogen (secondary N) is 1. The number of amides is 1. The van der Waals surface area contributed by atoms with E-state index < -0.39 is 26.0 Å². The largest absolute Gasteiger partial charge is 0.506 e. The summed E-state index contributed by atoms with van der Waals surface area (Å²) in [5.41, 5.74) is -0.0464. The molecule has 0 spiro atoms. The first-order chi connectivity index (χ1) is 15.0. The van der Waals surface area contributed by atoms with Gasteiger partial charge in [0.1, 0.15) is 5.75 Å². The van der Waals surface area contributed by atoms with E-state index in [9.17, 15) is 26.7 Å². The van der Waals surface area contributed by atoms with E-state index in [4.69, 9.17) is 0 Å². The molecule has 0 atom stereocenters. The lowest BCUT2D eigenvalue weighted by molar-refractivity contribution is 0.102. The fourth-order valence-corrected chi connectivity index (χ4v) is 6.18. The third-order valence-corrected chi connectivity index (χ3v) is 9.09. The lowest BCUT2D eigenvalue weighted by atomic mass is 10.2. The summed E-state index contributed by atoms with van der Waals surface area (Å²) in [4.78, 5) is 12.7. The van der Waals surface area contributed by atoms with Gasteiger partial charge in [-0.25, -0.2) is 16.8 Å². The lowest BCUT2D eigenvalue weighted by Crippen LogP contribution is -2.31. The smallest absolute Gasteiger partial charge is 0.255 e. The molecule has 0 aliphatic rings. The Labute approximate surface area is 189 Å². The zero-order valence-electron chi connectivity index (χ0n) is 18.6.